The number of nitrogens with two attached hydrogens (primary N) is 1. The van der Waals surface area contributed by atoms with Gasteiger partial charge in [-0.3, -0.25) is 0 Å². The first-order valence-corrected chi connectivity index (χ1v) is 4.80. The molecule has 3 heteroatoms. The van der Waals surface area contributed by atoms with Crippen molar-refractivity contribution < 1.29 is 0 Å². The fraction of sp³-hybridized carbons (Fsp3) is 0.300. The van der Waals surface area contributed by atoms with E-state index in [-0.39, 0.29) is 0 Å². The van der Waals surface area contributed by atoms with Crippen LogP contribution >= 0.6 is 12.2 Å². The van der Waals surface area contributed by atoms with Crippen molar-refractivity contribution in [1.82, 2.24) is 5.32 Å². The highest BCUT2D eigenvalue weighted by Crippen LogP contribution is 2.15. The van der Waals surface area contributed by atoms with Crippen LogP contribution in [0.4, 0.5) is 0 Å². The number of nitrogens with one attached hydrogen (secondary N) is 1. The standard InChI is InChI=1S/C10H12N2S/c11-10(13)8-2-1-7-3-4-12-6-9(7)5-8/h1-2,5,12H,3-4,6H2,(H2,11,13). The van der Waals surface area contributed by atoms with Gasteiger partial charge in [0, 0.05) is 12.1 Å². The molecule has 1 heterocycles. The summed E-state index contributed by atoms with van der Waals surface area (Å²) in [5, 5.41) is 3.32. The fourth-order valence-electron chi connectivity index (χ4n) is 1.63. The Hall–Kier alpha value is -0.930. The Kier molecular flexibility index (Phi) is 2.29. The van der Waals surface area contributed by atoms with Crippen molar-refractivity contribution in [2.75, 3.05) is 6.54 Å². The molecule has 0 aromatic heterocycles. The van der Waals surface area contributed by atoms with Gasteiger partial charge in [0.2, 0.25) is 0 Å². The fourth-order valence-corrected chi connectivity index (χ4v) is 1.76. The maximum atomic E-state index is 5.56. The second kappa shape index (κ2) is 3.44. The second-order valence-electron chi connectivity index (χ2n) is 3.27. The highest BCUT2D eigenvalue weighted by molar-refractivity contribution is 7.80. The van der Waals surface area contributed by atoms with Gasteiger partial charge in [-0.2, -0.15) is 0 Å². The molecule has 1 aromatic rings. The molecule has 0 bridgehead atoms. The molecule has 13 heavy (non-hydrogen) atoms. The summed E-state index contributed by atoms with van der Waals surface area (Å²) in [6, 6.07) is 6.22. The summed E-state index contributed by atoms with van der Waals surface area (Å²) in [7, 11) is 0. The molecule has 0 radical (unpaired) electrons. The molecule has 2 rings (SSSR count). The Morgan fingerprint density at radius 1 is 1.38 bits per heavy atom. The van der Waals surface area contributed by atoms with Crippen LogP contribution in [0.5, 0.6) is 0 Å². The van der Waals surface area contributed by atoms with Crippen LogP contribution in [0.25, 0.3) is 0 Å². The molecule has 0 atom stereocenters. The molecule has 0 saturated heterocycles. The zero-order chi connectivity index (χ0) is 9.26. The quantitative estimate of drug-likeness (QED) is 0.651. The molecular formula is C10H12N2S. The molecule has 0 saturated carbocycles. The van der Waals surface area contributed by atoms with E-state index < -0.39 is 0 Å². The van der Waals surface area contributed by atoms with Gasteiger partial charge in [-0.25, -0.2) is 0 Å². The van der Waals surface area contributed by atoms with Gasteiger partial charge in [0.1, 0.15) is 4.99 Å². The highest BCUT2D eigenvalue weighted by atomic mass is 32.1. The molecule has 0 spiro atoms. The molecule has 0 unspecified atom stereocenters. The largest absolute Gasteiger partial charge is 0.389 e. The van der Waals surface area contributed by atoms with E-state index in [2.05, 4.69) is 17.4 Å². The third-order valence-corrected chi connectivity index (χ3v) is 2.61. The topological polar surface area (TPSA) is 38.0 Å². The van der Waals surface area contributed by atoms with Crippen molar-refractivity contribution in [2.45, 2.75) is 13.0 Å². The zero-order valence-electron chi connectivity index (χ0n) is 7.34. The van der Waals surface area contributed by atoms with Crippen LogP contribution in [0, 0.1) is 0 Å². The van der Waals surface area contributed by atoms with E-state index in [0.717, 1.165) is 25.1 Å². The van der Waals surface area contributed by atoms with E-state index in [1.54, 1.807) is 0 Å². The molecule has 0 fully saturated rings. The minimum atomic E-state index is 0.480. The van der Waals surface area contributed by atoms with Crippen LogP contribution in [0.3, 0.4) is 0 Å². The molecule has 1 aliphatic rings. The Balaban J connectivity index is 2.40. The number of rotatable bonds is 1. The molecule has 2 nitrogen and oxygen atoms in total. The summed E-state index contributed by atoms with van der Waals surface area (Å²) in [5.41, 5.74) is 9.27. The lowest BCUT2D eigenvalue weighted by Crippen LogP contribution is -2.24. The Labute approximate surface area is 83.1 Å². The van der Waals surface area contributed by atoms with Crippen molar-refractivity contribution in [3.63, 3.8) is 0 Å². The van der Waals surface area contributed by atoms with Gasteiger partial charge in [-0.15, -0.1) is 0 Å². The van der Waals surface area contributed by atoms with Gasteiger partial charge in [0.05, 0.1) is 0 Å². The summed E-state index contributed by atoms with van der Waals surface area (Å²) in [4.78, 5) is 0.480. The number of hydrogen-bond acceptors (Lipinski definition) is 2. The van der Waals surface area contributed by atoms with Crippen molar-refractivity contribution in [2.24, 2.45) is 5.73 Å². The van der Waals surface area contributed by atoms with Gasteiger partial charge in [-0.1, -0.05) is 24.4 Å². The van der Waals surface area contributed by atoms with Crippen molar-refractivity contribution in [3.05, 3.63) is 34.9 Å². The smallest absolute Gasteiger partial charge is 0.103 e. The van der Waals surface area contributed by atoms with Gasteiger partial charge in [0.25, 0.3) is 0 Å². The first-order valence-electron chi connectivity index (χ1n) is 4.40. The third-order valence-electron chi connectivity index (χ3n) is 2.38. The minimum Gasteiger partial charge on any atom is -0.389 e. The van der Waals surface area contributed by atoms with Crippen molar-refractivity contribution in [1.29, 1.82) is 0 Å². The monoisotopic (exact) mass is 192 g/mol. The molecule has 0 aliphatic carbocycles. The van der Waals surface area contributed by atoms with Crippen LogP contribution in [0.1, 0.15) is 16.7 Å². The minimum absolute atomic E-state index is 0.480. The predicted molar refractivity (Wildman–Crippen MR) is 57.7 cm³/mol. The van der Waals surface area contributed by atoms with Crippen LogP contribution in [0.15, 0.2) is 18.2 Å². The molecule has 0 amide bonds. The Morgan fingerprint density at radius 2 is 2.23 bits per heavy atom. The molecule has 68 valence electrons. The van der Waals surface area contributed by atoms with Gasteiger partial charge >= 0.3 is 0 Å². The predicted octanol–water partition coefficient (Wildman–Crippen LogP) is 0.967. The van der Waals surface area contributed by atoms with Crippen LogP contribution in [0.2, 0.25) is 0 Å². The van der Waals surface area contributed by atoms with Crippen LogP contribution in [-0.2, 0) is 13.0 Å². The summed E-state index contributed by atoms with van der Waals surface area (Å²) in [5.74, 6) is 0. The molecular weight excluding hydrogens is 180 g/mol. The molecule has 1 aromatic carbocycles. The van der Waals surface area contributed by atoms with E-state index in [1.807, 2.05) is 6.07 Å². The lowest BCUT2D eigenvalue weighted by molar-refractivity contribution is 0.643. The Morgan fingerprint density at radius 3 is 3.00 bits per heavy atom. The lowest BCUT2D eigenvalue weighted by Gasteiger charge is -2.17. The molecule has 3 N–H and O–H groups in total. The third kappa shape index (κ3) is 1.71. The average molecular weight is 192 g/mol. The summed E-state index contributed by atoms with van der Waals surface area (Å²) >= 11 is 4.92. The Bertz CT molecular complexity index is 347. The van der Waals surface area contributed by atoms with Crippen molar-refractivity contribution in [3.8, 4) is 0 Å². The lowest BCUT2D eigenvalue weighted by atomic mass is 9.99. The first-order chi connectivity index (χ1) is 6.27. The number of benzene rings is 1. The number of hydrogen-bond donors (Lipinski definition) is 2. The summed E-state index contributed by atoms with van der Waals surface area (Å²) in [6.45, 7) is 2.01. The maximum Gasteiger partial charge on any atom is 0.103 e. The number of thiocarbonyl (C=S) groups is 1. The maximum absolute atomic E-state index is 5.56. The summed E-state index contributed by atoms with van der Waals surface area (Å²) < 4.78 is 0. The highest BCUT2D eigenvalue weighted by Gasteiger charge is 2.09. The van der Waals surface area contributed by atoms with E-state index >= 15 is 0 Å². The van der Waals surface area contributed by atoms with E-state index in [0.29, 0.717) is 4.99 Å². The summed E-state index contributed by atoms with van der Waals surface area (Å²) in [6.07, 6.45) is 1.10. The van der Waals surface area contributed by atoms with E-state index in [1.165, 1.54) is 11.1 Å². The zero-order valence-corrected chi connectivity index (χ0v) is 8.16. The number of fused-ring (bicyclic) bond motifs is 1. The van der Waals surface area contributed by atoms with Crippen LogP contribution in [-0.4, -0.2) is 11.5 Å². The van der Waals surface area contributed by atoms with Gasteiger partial charge < -0.3 is 11.1 Å². The normalized spacial score (nSPS) is 15.1. The van der Waals surface area contributed by atoms with Gasteiger partial charge in [0.15, 0.2) is 0 Å². The van der Waals surface area contributed by atoms with Gasteiger partial charge in [-0.05, 0) is 30.2 Å². The van der Waals surface area contributed by atoms with Crippen LogP contribution < -0.4 is 11.1 Å². The van der Waals surface area contributed by atoms with E-state index in [9.17, 15) is 0 Å². The SMILES string of the molecule is NC(=S)c1ccc2c(c1)CNCC2. The first kappa shape index (κ1) is 8.66. The van der Waals surface area contributed by atoms with Crippen molar-refractivity contribution >= 4 is 17.2 Å². The average Bonchev–Trinajstić information content (AvgIpc) is 2.17. The molecule has 1 aliphatic heterocycles. The second-order valence-corrected chi connectivity index (χ2v) is 3.71. The van der Waals surface area contributed by atoms with E-state index in [4.69, 9.17) is 18.0 Å².